The van der Waals surface area contributed by atoms with Gasteiger partial charge in [0, 0.05) is 37.1 Å². The van der Waals surface area contributed by atoms with E-state index >= 15 is 0 Å². The number of hydrogen-bond acceptors (Lipinski definition) is 4. The van der Waals surface area contributed by atoms with Crippen molar-refractivity contribution < 1.29 is 9.59 Å². The fourth-order valence-corrected chi connectivity index (χ4v) is 4.06. The van der Waals surface area contributed by atoms with E-state index < -0.39 is 0 Å². The van der Waals surface area contributed by atoms with Gasteiger partial charge in [0.25, 0.3) is 5.91 Å². The molecule has 2 aliphatic heterocycles. The zero-order valence-corrected chi connectivity index (χ0v) is 14.1. The highest BCUT2D eigenvalue weighted by Crippen LogP contribution is 2.26. The van der Waals surface area contributed by atoms with E-state index in [0.717, 1.165) is 37.2 Å². The molecule has 1 aromatic rings. The SMILES string of the molecule is N[C@@H]1CCN(C(=O)c2ccccc2SCC(=O)N2CCCC2)C1. The molecule has 2 N–H and O–H groups in total. The Labute approximate surface area is 141 Å². The van der Waals surface area contributed by atoms with Crippen molar-refractivity contribution in [2.45, 2.75) is 30.2 Å². The zero-order chi connectivity index (χ0) is 16.2. The van der Waals surface area contributed by atoms with E-state index in [4.69, 9.17) is 5.73 Å². The molecule has 6 heteroatoms. The number of amides is 2. The summed E-state index contributed by atoms with van der Waals surface area (Å²) in [6.07, 6.45) is 3.05. The molecule has 0 aliphatic carbocycles. The maximum atomic E-state index is 12.7. The smallest absolute Gasteiger partial charge is 0.255 e. The predicted molar refractivity (Wildman–Crippen MR) is 91.5 cm³/mol. The lowest BCUT2D eigenvalue weighted by Gasteiger charge is -2.18. The highest BCUT2D eigenvalue weighted by Gasteiger charge is 2.26. The third kappa shape index (κ3) is 3.87. The molecule has 2 heterocycles. The molecule has 124 valence electrons. The second-order valence-electron chi connectivity index (χ2n) is 6.17. The average Bonchev–Trinajstić information content (AvgIpc) is 3.24. The van der Waals surface area contributed by atoms with Gasteiger partial charge in [-0.25, -0.2) is 0 Å². The summed E-state index contributed by atoms with van der Waals surface area (Å²) in [6, 6.07) is 7.63. The number of rotatable bonds is 4. The Bertz CT molecular complexity index is 587. The van der Waals surface area contributed by atoms with Crippen molar-refractivity contribution in [2.24, 2.45) is 5.73 Å². The number of likely N-dealkylation sites (tertiary alicyclic amines) is 2. The molecule has 2 aliphatic rings. The van der Waals surface area contributed by atoms with Crippen molar-refractivity contribution >= 4 is 23.6 Å². The number of thioether (sulfide) groups is 1. The maximum Gasteiger partial charge on any atom is 0.255 e. The predicted octanol–water partition coefficient (Wildman–Crippen LogP) is 1.57. The fraction of sp³-hybridized carbons (Fsp3) is 0.529. The minimum Gasteiger partial charge on any atom is -0.342 e. The lowest BCUT2D eigenvalue weighted by molar-refractivity contribution is -0.127. The highest BCUT2D eigenvalue weighted by atomic mass is 32.2. The maximum absolute atomic E-state index is 12.7. The lowest BCUT2D eigenvalue weighted by atomic mass is 10.2. The van der Waals surface area contributed by atoms with Crippen molar-refractivity contribution in [1.82, 2.24) is 9.80 Å². The molecule has 0 saturated carbocycles. The first kappa shape index (κ1) is 16.3. The van der Waals surface area contributed by atoms with Gasteiger partial charge < -0.3 is 15.5 Å². The molecule has 23 heavy (non-hydrogen) atoms. The van der Waals surface area contributed by atoms with Crippen LogP contribution in [0.15, 0.2) is 29.2 Å². The van der Waals surface area contributed by atoms with Gasteiger partial charge in [-0.3, -0.25) is 9.59 Å². The van der Waals surface area contributed by atoms with Crippen molar-refractivity contribution in [1.29, 1.82) is 0 Å². The van der Waals surface area contributed by atoms with Crippen LogP contribution in [0.1, 0.15) is 29.6 Å². The summed E-state index contributed by atoms with van der Waals surface area (Å²) in [7, 11) is 0. The van der Waals surface area contributed by atoms with Gasteiger partial charge in [0.15, 0.2) is 0 Å². The van der Waals surface area contributed by atoms with Crippen LogP contribution < -0.4 is 5.73 Å². The van der Waals surface area contributed by atoms with E-state index in [1.807, 2.05) is 34.1 Å². The first-order chi connectivity index (χ1) is 11.1. The quantitative estimate of drug-likeness (QED) is 0.850. The molecule has 1 atom stereocenters. The number of nitrogens with two attached hydrogens (primary N) is 1. The second kappa shape index (κ2) is 7.36. The molecule has 2 saturated heterocycles. The molecule has 2 amide bonds. The van der Waals surface area contributed by atoms with Gasteiger partial charge in [0.2, 0.25) is 5.91 Å². The zero-order valence-electron chi connectivity index (χ0n) is 13.2. The van der Waals surface area contributed by atoms with Gasteiger partial charge in [-0.2, -0.15) is 0 Å². The van der Waals surface area contributed by atoms with Gasteiger partial charge in [-0.1, -0.05) is 12.1 Å². The summed E-state index contributed by atoms with van der Waals surface area (Å²) < 4.78 is 0. The molecule has 0 aromatic heterocycles. The summed E-state index contributed by atoms with van der Waals surface area (Å²) in [6.45, 7) is 3.06. The summed E-state index contributed by atoms with van der Waals surface area (Å²) in [5.41, 5.74) is 6.58. The number of hydrogen-bond donors (Lipinski definition) is 1. The fourth-order valence-electron chi connectivity index (χ4n) is 3.11. The van der Waals surface area contributed by atoms with Crippen LogP contribution in [0.25, 0.3) is 0 Å². The van der Waals surface area contributed by atoms with Crippen molar-refractivity contribution in [3.8, 4) is 0 Å². The molecule has 0 unspecified atom stereocenters. The van der Waals surface area contributed by atoms with Crippen LogP contribution in [0, 0.1) is 0 Å². The molecular weight excluding hydrogens is 310 g/mol. The van der Waals surface area contributed by atoms with E-state index in [9.17, 15) is 9.59 Å². The van der Waals surface area contributed by atoms with Gasteiger partial charge in [-0.05, 0) is 31.4 Å². The molecule has 0 bridgehead atoms. The largest absolute Gasteiger partial charge is 0.342 e. The normalized spacial score (nSPS) is 21.0. The first-order valence-electron chi connectivity index (χ1n) is 8.19. The summed E-state index contributed by atoms with van der Waals surface area (Å²) in [4.78, 5) is 29.5. The van der Waals surface area contributed by atoms with Crippen LogP contribution in [0.3, 0.4) is 0 Å². The summed E-state index contributed by atoms with van der Waals surface area (Å²) >= 11 is 1.46. The monoisotopic (exact) mass is 333 g/mol. The van der Waals surface area contributed by atoms with E-state index in [2.05, 4.69) is 0 Å². The highest BCUT2D eigenvalue weighted by molar-refractivity contribution is 8.00. The first-order valence-corrected chi connectivity index (χ1v) is 9.18. The Kier molecular flexibility index (Phi) is 5.23. The number of nitrogens with zero attached hydrogens (tertiary/aromatic N) is 2. The van der Waals surface area contributed by atoms with Gasteiger partial charge in [0.05, 0.1) is 11.3 Å². The number of benzene rings is 1. The van der Waals surface area contributed by atoms with Gasteiger partial charge >= 0.3 is 0 Å². The Morgan fingerprint density at radius 3 is 2.57 bits per heavy atom. The average molecular weight is 333 g/mol. The Morgan fingerprint density at radius 2 is 1.87 bits per heavy atom. The molecular formula is C17H23N3O2S. The Morgan fingerprint density at radius 1 is 1.13 bits per heavy atom. The second-order valence-corrected chi connectivity index (χ2v) is 7.19. The van der Waals surface area contributed by atoms with Crippen LogP contribution in [0.4, 0.5) is 0 Å². The minimum absolute atomic E-state index is 0.0228. The van der Waals surface area contributed by atoms with Gasteiger partial charge in [0.1, 0.15) is 0 Å². The van der Waals surface area contributed by atoms with Crippen LogP contribution in [0.2, 0.25) is 0 Å². The third-order valence-corrected chi connectivity index (χ3v) is 5.50. The Hall–Kier alpha value is -1.53. The van der Waals surface area contributed by atoms with Crippen LogP contribution in [-0.2, 0) is 4.79 Å². The van der Waals surface area contributed by atoms with Crippen LogP contribution >= 0.6 is 11.8 Å². The molecule has 0 radical (unpaired) electrons. The molecule has 3 rings (SSSR count). The minimum atomic E-state index is 0.0228. The molecule has 2 fully saturated rings. The standard InChI is InChI=1S/C17H23N3O2S/c18-13-7-10-20(11-13)17(22)14-5-1-2-6-15(14)23-12-16(21)19-8-3-4-9-19/h1-2,5-6,13H,3-4,7-12,18H2/t13-/m1/s1. The number of carbonyl (C=O) groups is 2. The van der Waals surface area contributed by atoms with E-state index in [1.165, 1.54) is 11.8 Å². The van der Waals surface area contributed by atoms with Crippen molar-refractivity contribution in [2.75, 3.05) is 31.9 Å². The van der Waals surface area contributed by atoms with Crippen molar-refractivity contribution in [3.05, 3.63) is 29.8 Å². The van der Waals surface area contributed by atoms with E-state index in [-0.39, 0.29) is 17.9 Å². The van der Waals surface area contributed by atoms with Crippen LogP contribution in [0.5, 0.6) is 0 Å². The molecule has 0 spiro atoms. The summed E-state index contributed by atoms with van der Waals surface area (Å²) in [5, 5.41) is 0. The summed E-state index contributed by atoms with van der Waals surface area (Å²) in [5.74, 6) is 0.580. The van der Waals surface area contributed by atoms with Gasteiger partial charge in [-0.15, -0.1) is 11.8 Å². The third-order valence-electron chi connectivity index (χ3n) is 4.44. The molecule has 1 aromatic carbocycles. The van der Waals surface area contributed by atoms with Crippen LogP contribution in [-0.4, -0.2) is 59.6 Å². The lowest BCUT2D eigenvalue weighted by Crippen LogP contribution is -2.32. The Balaban J connectivity index is 1.65. The van der Waals surface area contributed by atoms with E-state index in [1.54, 1.807) is 0 Å². The topological polar surface area (TPSA) is 66.6 Å². The van der Waals surface area contributed by atoms with E-state index in [0.29, 0.717) is 24.4 Å². The van der Waals surface area contributed by atoms with Crippen molar-refractivity contribution in [3.63, 3.8) is 0 Å². The number of carbonyl (C=O) groups excluding carboxylic acids is 2. The molecule has 5 nitrogen and oxygen atoms in total.